The lowest BCUT2D eigenvalue weighted by atomic mass is 10.0. The molecule has 102 valence electrons. The summed E-state index contributed by atoms with van der Waals surface area (Å²) in [6.07, 6.45) is 3.95. The summed E-state index contributed by atoms with van der Waals surface area (Å²) in [5.74, 6) is -1.43. The lowest BCUT2D eigenvalue weighted by Gasteiger charge is -2.29. The molecule has 0 radical (unpaired) electrons. The predicted octanol–water partition coefficient (Wildman–Crippen LogP) is 2.19. The SMILES string of the molecule is O=C(O)c1ccc(F)cc1OC1CC2CCC(C1)N2. The molecule has 2 unspecified atom stereocenters. The zero-order chi connectivity index (χ0) is 13.4. The van der Waals surface area contributed by atoms with Gasteiger partial charge >= 0.3 is 5.97 Å². The Morgan fingerprint density at radius 2 is 2.00 bits per heavy atom. The average Bonchev–Trinajstić information content (AvgIpc) is 2.68. The number of rotatable bonds is 3. The van der Waals surface area contributed by atoms with Gasteiger partial charge in [-0.05, 0) is 37.8 Å². The second kappa shape index (κ2) is 4.81. The van der Waals surface area contributed by atoms with Crippen molar-refractivity contribution in [2.45, 2.75) is 43.9 Å². The normalized spacial score (nSPS) is 29.2. The topological polar surface area (TPSA) is 58.6 Å². The van der Waals surface area contributed by atoms with Crippen LogP contribution in [0.15, 0.2) is 18.2 Å². The number of aromatic carboxylic acids is 1. The zero-order valence-electron chi connectivity index (χ0n) is 10.4. The van der Waals surface area contributed by atoms with Gasteiger partial charge in [0.05, 0.1) is 0 Å². The van der Waals surface area contributed by atoms with E-state index >= 15 is 0 Å². The second-order valence-corrected chi connectivity index (χ2v) is 5.29. The summed E-state index contributed by atoms with van der Waals surface area (Å²) < 4.78 is 19.0. The van der Waals surface area contributed by atoms with E-state index in [0.29, 0.717) is 12.1 Å². The molecular weight excluding hydrogens is 249 g/mol. The van der Waals surface area contributed by atoms with Crippen molar-refractivity contribution in [1.29, 1.82) is 0 Å². The zero-order valence-corrected chi connectivity index (χ0v) is 10.4. The van der Waals surface area contributed by atoms with Gasteiger partial charge in [-0.25, -0.2) is 9.18 Å². The van der Waals surface area contributed by atoms with E-state index in [1.54, 1.807) is 0 Å². The molecule has 0 saturated carbocycles. The summed E-state index contributed by atoms with van der Waals surface area (Å²) in [7, 11) is 0. The van der Waals surface area contributed by atoms with Gasteiger partial charge in [-0.15, -0.1) is 0 Å². The molecule has 2 aliphatic heterocycles. The van der Waals surface area contributed by atoms with Gasteiger partial charge in [0, 0.05) is 18.2 Å². The summed E-state index contributed by atoms with van der Waals surface area (Å²) in [6, 6.07) is 4.45. The Kier molecular flexibility index (Phi) is 3.14. The molecule has 3 rings (SSSR count). The molecule has 5 heteroatoms. The van der Waals surface area contributed by atoms with Crippen molar-refractivity contribution in [1.82, 2.24) is 5.32 Å². The van der Waals surface area contributed by atoms with Gasteiger partial charge in [-0.2, -0.15) is 0 Å². The smallest absolute Gasteiger partial charge is 0.339 e. The van der Waals surface area contributed by atoms with Gasteiger partial charge in [0.25, 0.3) is 0 Å². The minimum atomic E-state index is -1.09. The van der Waals surface area contributed by atoms with Crippen LogP contribution in [0.4, 0.5) is 4.39 Å². The Morgan fingerprint density at radius 1 is 1.32 bits per heavy atom. The number of fused-ring (bicyclic) bond motifs is 2. The van der Waals surface area contributed by atoms with Gasteiger partial charge in [0.2, 0.25) is 0 Å². The lowest BCUT2D eigenvalue weighted by Crippen LogP contribution is -2.42. The van der Waals surface area contributed by atoms with E-state index in [0.717, 1.165) is 37.8 Å². The quantitative estimate of drug-likeness (QED) is 0.879. The number of hydrogen-bond donors (Lipinski definition) is 2. The fraction of sp³-hybridized carbons (Fsp3) is 0.500. The molecule has 2 N–H and O–H groups in total. The highest BCUT2D eigenvalue weighted by molar-refractivity contribution is 5.90. The third-order valence-electron chi connectivity index (χ3n) is 3.90. The molecule has 0 spiro atoms. The number of carboxylic acids is 1. The van der Waals surface area contributed by atoms with Crippen molar-refractivity contribution in [2.75, 3.05) is 0 Å². The van der Waals surface area contributed by atoms with Crippen LogP contribution in [-0.4, -0.2) is 29.3 Å². The van der Waals surface area contributed by atoms with Crippen LogP contribution in [0, 0.1) is 5.82 Å². The van der Waals surface area contributed by atoms with E-state index in [1.807, 2.05) is 0 Å². The minimum Gasteiger partial charge on any atom is -0.489 e. The van der Waals surface area contributed by atoms with Crippen molar-refractivity contribution in [2.24, 2.45) is 0 Å². The molecule has 19 heavy (non-hydrogen) atoms. The van der Waals surface area contributed by atoms with E-state index in [1.165, 1.54) is 6.07 Å². The van der Waals surface area contributed by atoms with Gasteiger partial charge in [-0.1, -0.05) is 0 Å². The maximum atomic E-state index is 13.2. The highest BCUT2D eigenvalue weighted by Crippen LogP contribution is 2.31. The standard InChI is InChI=1S/C14H16FNO3/c15-8-1-4-12(14(17)18)13(5-8)19-11-6-9-2-3-10(7-11)16-9/h1,4-5,9-11,16H,2-3,6-7H2,(H,17,18). The first kappa shape index (κ1) is 12.4. The van der Waals surface area contributed by atoms with Gasteiger partial charge in [-0.3, -0.25) is 0 Å². The number of halogens is 1. The van der Waals surface area contributed by atoms with E-state index < -0.39 is 11.8 Å². The summed E-state index contributed by atoms with van der Waals surface area (Å²) in [5.41, 5.74) is 0.0206. The molecule has 0 aliphatic carbocycles. The van der Waals surface area contributed by atoms with Crippen LogP contribution < -0.4 is 10.1 Å². The molecule has 2 aliphatic rings. The Morgan fingerprint density at radius 3 is 2.63 bits per heavy atom. The third kappa shape index (κ3) is 2.56. The number of nitrogens with one attached hydrogen (secondary N) is 1. The van der Waals surface area contributed by atoms with Crippen molar-refractivity contribution in [3.63, 3.8) is 0 Å². The first-order valence-electron chi connectivity index (χ1n) is 6.57. The molecule has 2 saturated heterocycles. The van der Waals surface area contributed by atoms with Crippen LogP contribution in [0.1, 0.15) is 36.0 Å². The molecule has 4 nitrogen and oxygen atoms in total. The Hall–Kier alpha value is -1.62. The molecule has 2 fully saturated rings. The van der Waals surface area contributed by atoms with E-state index in [2.05, 4.69) is 5.32 Å². The van der Waals surface area contributed by atoms with Crippen molar-refractivity contribution < 1.29 is 19.0 Å². The molecule has 2 atom stereocenters. The second-order valence-electron chi connectivity index (χ2n) is 5.29. The molecule has 0 amide bonds. The minimum absolute atomic E-state index is 0.0206. The maximum absolute atomic E-state index is 13.2. The number of piperidine rings is 1. The Balaban J connectivity index is 1.79. The van der Waals surface area contributed by atoms with E-state index in [4.69, 9.17) is 9.84 Å². The highest BCUT2D eigenvalue weighted by atomic mass is 19.1. The van der Waals surface area contributed by atoms with Gasteiger partial charge in [0.15, 0.2) is 0 Å². The van der Waals surface area contributed by atoms with Crippen molar-refractivity contribution in [3.05, 3.63) is 29.6 Å². The van der Waals surface area contributed by atoms with Crippen LogP contribution in [-0.2, 0) is 0 Å². The molecule has 0 aromatic heterocycles. The van der Waals surface area contributed by atoms with Crippen LogP contribution in [0.2, 0.25) is 0 Å². The fourth-order valence-corrected chi connectivity index (χ4v) is 3.05. The Labute approximate surface area is 110 Å². The average molecular weight is 265 g/mol. The van der Waals surface area contributed by atoms with Crippen molar-refractivity contribution in [3.8, 4) is 5.75 Å². The van der Waals surface area contributed by atoms with Gasteiger partial charge in [0.1, 0.15) is 23.2 Å². The van der Waals surface area contributed by atoms with Crippen LogP contribution in [0.3, 0.4) is 0 Å². The van der Waals surface area contributed by atoms with E-state index in [9.17, 15) is 9.18 Å². The fourth-order valence-electron chi connectivity index (χ4n) is 3.05. The summed E-state index contributed by atoms with van der Waals surface area (Å²) >= 11 is 0. The molecule has 1 aromatic rings. The molecule has 2 bridgehead atoms. The summed E-state index contributed by atoms with van der Waals surface area (Å²) in [4.78, 5) is 11.1. The maximum Gasteiger partial charge on any atom is 0.339 e. The monoisotopic (exact) mass is 265 g/mol. The largest absolute Gasteiger partial charge is 0.489 e. The number of benzene rings is 1. The van der Waals surface area contributed by atoms with Crippen LogP contribution in [0.25, 0.3) is 0 Å². The number of ether oxygens (including phenoxy) is 1. The van der Waals surface area contributed by atoms with Crippen molar-refractivity contribution >= 4 is 5.97 Å². The lowest BCUT2D eigenvalue weighted by molar-refractivity contribution is 0.0684. The van der Waals surface area contributed by atoms with Gasteiger partial charge < -0.3 is 15.2 Å². The van der Waals surface area contributed by atoms with Crippen LogP contribution >= 0.6 is 0 Å². The number of carbonyl (C=O) groups is 1. The summed E-state index contributed by atoms with van der Waals surface area (Å²) in [6.45, 7) is 0. The number of hydrogen-bond acceptors (Lipinski definition) is 3. The summed E-state index contributed by atoms with van der Waals surface area (Å²) in [5, 5.41) is 12.6. The number of carboxylic acid groups (broad SMARTS) is 1. The first-order valence-corrected chi connectivity index (χ1v) is 6.57. The van der Waals surface area contributed by atoms with E-state index in [-0.39, 0.29) is 17.4 Å². The third-order valence-corrected chi connectivity index (χ3v) is 3.90. The predicted molar refractivity (Wildman–Crippen MR) is 67.0 cm³/mol. The Bertz CT molecular complexity index is 493. The molecule has 2 heterocycles. The molecular formula is C14H16FNO3. The molecule has 1 aromatic carbocycles. The highest BCUT2D eigenvalue weighted by Gasteiger charge is 2.34. The first-order chi connectivity index (χ1) is 9.11. The van der Waals surface area contributed by atoms with Crippen LogP contribution in [0.5, 0.6) is 5.75 Å².